The van der Waals surface area contributed by atoms with Gasteiger partial charge in [-0.2, -0.15) is 5.10 Å². The van der Waals surface area contributed by atoms with Crippen LogP contribution >= 0.6 is 0 Å². The molecule has 21 heavy (non-hydrogen) atoms. The van der Waals surface area contributed by atoms with Crippen LogP contribution in [-0.4, -0.2) is 21.5 Å². The van der Waals surface area contributed by atoms with E-state index in [1.165, 1.54) is 38.5 Å². The fraction of sp³-hybridized carbons (Fsp3) is 0.588. The quantitative estimate of drug-likeness (QED) is 0.918. The number of aromatic nitrogens is 2. The third-order valence-corrected chi connectivity index (χ3v) is 5.17. The van der Waals surface area contributed by atoms with Gasteiger partial charge in [0.15, 0.2) is 5.82 Å². The summed E-state index contributed by atoms with van der Waals surface area (Å²) in [5, 5.41) is 5.55. The molecule has 1 aromatic carbocycles. The van der Waals surface area contributed by atoms with Gasteiger partial charge in [-0.15, -0.1) is 0 Å². The van der Waals surface area contributed by atoms with Crippen molar-refractivity contribution in [2.45, 2.75) is 63.2 Å². The van der Waals surface area contributed by atoms with Crippen LogP contribution in [0.2, 0.25) is 0 Å². The molecule has 0 radical (unpaired) electrons. The molecule has 1 saturated carbocycles. The van der Waals surface area contributed by atoms with E-state index < -0.39 is 0 Å². The van der Waals surface area contributed by atoms with E-state index in [0.717, 1.165) is 23.9 Å². The molecule has 2 aromatic rings. The van der Waals surface area contributed by atoms with Gasteiger partial charge in [-0.3, -0.25) is 4.68 Å². The highest BCUT2D eigenvalue weighted by atomic mass is 16.5. The van der Waals surface area contributed by atoms with Gasteiger partial charge in [0.05, 0.1) is 23.8 Å². The number of nitrogen functional groups attached to an aromatic ring is 1. The van der Waals surface area contributed by atoms with Crippen molar-refractivity contribution in [1.82, 2.24) is 9.78 Å². The van der Waals surface area contributed by atoms with Crippen LogP contribution in [0.15, 0.2) is 24.3 Å². The van der Waals surface area contributed by atoms with Crippen molar-refractivity contribution >= 4 is 16.7 Å². The molecular formula is C17H23N3O. The Bertz CT molecular complexity index is 643. The number of anilines is 1. The molecule has 1 aliphatic heterocycles. The van der Waals surface area contributed by atoms with E-state index in [1.807, 2.05) is 22.9 Å². The second-order valence-electron chi connectivity index (χ2n) is 6.61. The van der Waals surface area contributed by atoms with Crippen LogP contribution in [0.4, 0.5) is 5.82 Å². The number of fused-ring (bicyclic) bond motifs is 1. The van der Waals surface area contributed by atoms with Gasteiger partial charge in [-0.05, 0) is 37.8 Å². The maximum absolute atomic E-state index is 6.45. The smallest absolute Gasteiger partial charge is 0.153 e. The van der Waals surface area contributed by atoms with Crippen molar-refractivity contribution < 1.29 is 4.74 Å². The number of hydrogen-bond acceptors (Lipinski definition) is 3. The minimum Gasteiger partial charge on any atom is -0.382 e. The first-order valence-corrected chi connectivity index (χ1v) is 8.15. The van der Waals surface area contributed by atoms with Gasteiger partial charge in [0.1, 0.15) is 0 Å². The lowest BCUT2D eigenvalue weighted by Gasteiger charge is -2.33. The summed E-state index contributed by atoms with van der Waals surface area (Å²) in [7, 11) is 0. The lowest BCUT2D eigenvalue weighted by atomic mass is 9.83. The van der Waals surface area contributed by atoms with Gasteiger partial charge in [0.25, 0.3) is 0 Å². The Morgan fingerprint density at radius 2 is 2.00 bits per heavy atom. The molecule has 1 aliphatic carbocycles. The molecule has 4 rings (SSSR count). The summed E-state index contributed by atoms with van der Waals surface area (Å²) in [4.78, 5) is 0. The van der Waals surface area contributed by atoms with Gasteiger partial charge >= 0.3 is 0 Å². The summed E-state index contributed by atoms with van der Waals surface area (Å²) < 4.78 is 8.48. The molecule has 2 aliphatic rings. The predicted molar refractivity (Wildman–Crippen MR) is 84.1 cm³/mol. The van der Waals surface area contributed by atoms with Gasteiger partial charge in [0.2, 0.25) is 0 Å². The predicted octanol–water partition coefficient (Wildman–Crippen LogP) is 3.50. The molecule has 2 fully saturated rings. The van der Waals surface area contributed by atoms with Gasteiger partial charge in [-0.1, -0.05) is 31.4 Å². The third kappa shape index (κ3) is 2.31. The van der Waals surface area contributed by atoms with Crippen LogP contribution in [0, 0.1) is 0 Å². The Hall–Kier alpha value is -1.55. The molecule has 1 spiro atoms. The first kappa shape index (κ1) is 13.1. The summed E-state index contributed by atoms with van der Waals surface area (Å²) in [6.45, 7) is 0.819. The molecule has 1 saturated heterocycles. The van der Waals surface area contributed by atoms with Crippen LogP contribution in [0.25, 0.3) is 10.9 Å². The van der Waals surface area contributed by atoms with Crippen molar-refractivity contribution in [3.8, 4) is 0 Å². The Labute approximate surface area is 125 Å². The van der Waals surface area contributed by atoms with Crippen LogP contribution in [-0.2, 0) is 11.3 Å². The number of hydrogen-bond donors (Lipinski definition) is 1. The largest absolute Gasteiger partial charge is 0.382 e. The molecule has 2 N–H and O–H groups in total. The first-order valence-electron chi connectivity index (χ1n) is 8.15. The topological polar surface area (TPSA) is 53.1 Å². The Kier molecular flexibility index (Phi) is 3.14. The number of para-hydroxylation sites is 1. The van der Waals surface area contributed by atoms with Crippen LogP contribution in [0.5, 0.6) is 0 Å². The standard InChI is InChI=1S/C17H23N3O/c18-16-14-6-2-3-7-15(14)20(19-16)12-13-8-11-17(21-13)9-4-1-5-10-17/h2-3,6-7,13H,1,4-5,8-12H2,(H2,18,19). The monoisotopic (exact) mass is 285 g/mol. The molecule has 4 heteroatoms. The highest BCUT2D eigenvalue weighted by molar-refractivity contribution is 5.88. The average Bonchev–Trinajstić information content (AvgIpc) is 3.03. The van der Waals surface area contributed by atoms with E-state index in [1.54, 1.807) is 0 Å². The molecule has 2 heterocycles. The number of rotatable bonds is 2. The minimum absolute atomic E-state index is 0.178. The lowest BCUT2D eigenvalue weighted by molar-refractivity contribution is -0.0684. The van der Waals surface area contributed by atoms with E-state index in [0.29, 0.717) is 5.82 Å². The summed E-state index contributed by atoms with van der Waals surface area (Å²) in [5.74, 6) is 0.621. The molecule has 0 bridgehead atoms. The molecule has 0 amide bonds. The second-order valence-corrected chi connectivity index (χ2v) is 6.61. The molecule has 1 aromatic heterocycles. The van der Waals surface area contributed by atoms with Crippen molar-refractivity contribution in [1.29, 1.82) is 0 Å². The number of ether oxygens (including phenoxy) is 1. The van der Waals surface area contributed by atoms with E-state index >= 15 is 0 Å². The Morgan fingerprint density at radius 3 is 2.86 bits per heavy atom. The lowest BCUT2D eigenvalue weighted by Crippen LogP contribution is -2.32. The zero-order valence-electron chi connectivity index (χ0n) is 12.4. The minimum atomic E-state index is 0.178. The van der Waals surface area contributed by atoms with Crippen LogP contribution < -0.4 is 5.73 Å². The second kappa shape index (κ2) is 5.02. The van der Waals surface area contributed by atoms with Crippen LogP contribution in [0.1, 0.15) is 44.9 Å². The Balaban J connectivity index is 1.53. The van der Waals surface area contributed by atoms with E-state index in [9.17, 15) is 0 Å². The number of nitrogens with zero attached hydrogens (tertiary/aromatic N) is 2. The van der Waals surface area contributed by atoms with Crippen molar-refractivity contribution in [3.05, 3.63) is 24.3 Å². The number of benzene rings is 1. The van der Waals surface area contributed by atoms with Crippen molar-refractivity contribution in [2.75, 3.05) is 5.73 Å². The van der Waals surface area contributed by atoms with Gasteiger partial charge in [0, 0.05) is 5.39 Å². The average molecular weight is 285 g/mol. The highest BCUT2D eigenvalue weighted by Crippen LogP contribution is 2.42. The van der Waals surface area contributed by atoms with Crippen molar-refractivity contribution in [3.63, 3.8) is 0 Å². The zero-order chi connectivity index (χ0) is 14.3. The third-order valence-electron chi connectivity index (χ3n) is 5.17. The maximum Gasteiger partial charge on any atom is 0.153 e. The van der Waals surface area contributed by atoms with Gasteiger partial charge in [-0.25, -0.2) is 0 Å². The molecular weight excluding hydrogens is 262 g/mol. The van der Waals surface area contributed by atoms with E-state index in [-0.39, 0.29) is 11.7 Å². The van der Waals surface area contributed by atoms with Gasteiger partial charge < -0.3 is 10.5 Å². The summed E-state index contributed by atoms with van der Waals surface area (Å²) in [6.07, 6.45) is 9.15. The fourth-order valence-corrected chi connectivity index (χ4v) is 4.07. The first-order chi connectivity index (χ1) is 10.3. The normalized spacial score (nSPS) is 24.9. The van der Waals surface area contributed by atoms with E-state index in [2.05, 4.69) is 11.2 Å². The maximum atomic E-state index is 6.45. The van der Waals surface area contributed by atoms with Crippen LogP contribution in [0.3, 0.4) is 0 Å². The SMILES string of the molecule is Nc1nn(CC2CCC3(CCCCC3)O2)c2ccccc12. The van der Waals surface area contributed by atoms with E-state index in [4.69, 9.17) is 10.5 Å². The fourth-order valence-electron chi connectivity index (χ4n) is 4.07. The highest BCUT2D eigenvalue weighted by Gasteiger charge is 2.40. The summed E-state index contributed by atoms with van der Waals surface area (Å²) in [5.41, 5.74) is 7.31. The molecule has 1 atom stereocenters. The van der Waals surface area contributed by atoms with Crippen molar-refractivity contribution in [2.24, 2.45) is 0 Å². The molecule has 112 valence electrons. The summed E-state index contributed by atoms with van der Waals surface area (Å²) >= 11 is 0. The molecule has 4 nitrogen and oxygen atoms in total. The zero-order valence-corrected chi connectivity index (χ0v) is 12.4. The summed E-state index contributed by atoms with van der Waals surface area (Å²) in [6, 6.07) is 8.17. The number of nitrogens with two attached hydrogens (primary N) is 1. The Morgan fingerprint density at radius 1 is 1.19 bits per heavy atom. The molecule has 1 unspecified atom stereocenters.